The van der Waals surface area contributed by atoms with Crippen molar-refractivity contribution in [3.05, 3.63) is 0 Å². The highest BCUT2D eigenvalue weighted by molar-refractivity contribution is 5.84. The lowest BCUT2D eigenvalue weighted by atomic mass is 10.0. The Kier molecular flexibility index (Phi) is 5.22. The lowest BCUT2D eigenvalue weighted by Gasteiger charge is -2.22. The molecule has 0 radical (unpaired) electrons. The van der Waals surface area contributed by atoms with Crippen LogP contribution in [-0.4, -0.2) is 42.8 Å². The van der Waals surface area contributed by atoms with Gasteiger partial charge in [-0.25, -0.2) is 0 Å². The van der Waals surface area contributed by atoms with Crippen LogP contribution in [0.25, 0.3) is 0 Å². The first-order valence-electron chi connectivity index (χ1n) is 7.76. The second-order valence-corrected chi connectivity index (χ2v) is 6.32. The summed E-state index contributed by atoms with van der Waals surface area (Å²) in [6.45, 7) is 8.73. The number of carbonyl (C=O) groups excluding carboxylic acids is 1. The molecule has 4 heteroatoms. The normalized spacial score (nSPS) is 27.6. The van der Waals surface area contributed by atoms with E-state index in [9.17, 15) is 4.79 Å². The van der Waals surface area contributed by atoms with Crippen molar-refractivity contribution < 1.29 is 9.53 Å². The van der Waals surface area contributed by atoms with E-state index in [1.54, 1.807) is 0 Å². The van der Waals surface area contributed by atoms with E-state index < -0.39 is 0 Å². The summed E-state index contributed by atoms with van der Waals surface area (Å²) in [5.41, 5.74) is 0. The summed E-state index contributed by atoms with van der Waals surface area (Å²) in [5.74, 6) is 1.60. The zero-order chi connectivity index (χ0) is 13.8. The molecule has 0 aromatic rings. The van der Waals surface area contributed by atoms with Crippen LogP contribution in [0.2, 0.25) is 0 Å². The molecule has 4 nitrogen and oxygen atoms in total. The van der Waals surface area contributed by atoms with Crippen LogP contribution in [0.4, 0.5) is 0 Å². The van der Waals surface area contributed by atoms with Crippen molar-refractivity contribution in [3.63, 3.8) is 0 Å². The van der Waals surface area contributed by atoms with Gasteiger partial charge in [0, 0.05) is 13.2 Å². The minimum Gasteiger partial charge on any atom is -0.379 e. The summed E-state index contributed by atoms with van der Waals surface area (Å²) < 4.78 is 5.66. The van der Waals surface area contributed by atoms with Crippen LogP contribution in [0, 0.1) is 11.8 Å². The molecule has 0 bridgehead atoms. The summed E-state index contributed by atoms with van der Waals surface area (Å²) in [7, 11) is 0. The van der Waals surface area contributed by atoms with Gasteiger partial charge < -0.3 is 9.64 Å². The molecule has 2 rings (SSSR count). The Morgan fingerprint density at radius 1 is 1.42 bits per heavy atom. The van der Waals surface area contributed by atoms with Crippen molar-refractivity contribution in [1.82, 2.24) is 10.2 Å². The van der Waals surface area contributed by atoms with Gasteiger partial charge in [-0.05, 0) is 37.5 Å². The van der Waals surface area contributed by atoms with E-state index in [-0.39, 0.29) is 18.1 Å². The highest BCUT2D eigenvalue weighted by Crippen LogP contribution is 2.28. The first-order valence-corrected chi connectivity index (χ1v) is 7.76. The van der Waals surface area contributed by atoms with Crippen molar-refractivity contribution in [2.24, 2.45) is 11.8 Å². The lowest BCUT2D eigenvalue weighted by molar-refractivity contribution is -0.131. The number of nitrogens with one attached hydrogen (secondary N) is 1. The molecular weight excluding hydrogens is 240 g/mol. The average Bonchev–Trinajstić information content (AvgIpc) is 3.13. The molecule has 0 aromatic carbocycles. The van der Waals surface area contributed by atoms with Crippen LogP contribution in [0.5, 0.6) is 0 Å². The van der Waals surface area contributed by atoms with Crippen LogP contribution in [-0.2, 0) is 9.53 Å². The highest BCUT2D eigenvalue weighted by atomic mass is 16.5. The van der Waals surface area contributed by atoms with Crippen molar-refractivity contribution in [3.8, 4) is 0 Å². The Labute approximate surface area is 116 Å². The molecule has 2 atom stereocenters. The summed E-state index contributed by atoms with van der Waals surface area (Å²) in [4.78, 5) is 14.3. The van der Waals surface area contributed by atoms with E-state index in [0.717, 1.165) is 31.9 Å². The van der Waals surface area contributed by atoms with Gasteiger partial charge in [-0.3, -0.25) is 10.1 Å². The van der Waals surface area contributed by atoms with Gasteiger partial charge in [0.1, 0.15) is 0 Å². The molecule has 1 amide bonds. The quantitative estimate of drug-likeness (QED) is 0.685. The van der Waals surface area contributed by atoms with Crippen LogP contribution in [0.1, 0.15) is 46.5 Å². The van der Waals surface area contributed by atoms with E-state index in [4.69, 9.17) is 4.74 Å². The number of rotatable bonds is 8. The van der Waals surface area contributed by atoms with E-state index in [0.29, 0.717) is 12.5 Å². The second kappa shape index (κ2) is 6.71. The van der Waals surface area contributed by atoms with Gasteiger partial charge in [-0.2, -0.15) is 0 Å². The maximum atomic E-state index is 12.4. The van der Waals surface area contributed by atoms with Crippen molar-refractivity contribution >= 4 is 5.91 Å². The molecule has 2 fully saturated rings. The van der Waals surface area contributed by atoms with Gasteiger partial charge in [0.25, 0.3) is 0 Å². The predicted molar refractivity (Wildman–Crippen MR) is 75.7 cm³/mol. The maximum absolute atomic E-state index is 12.4. The molecule has 1 heterocycles. The molecular formula is C15H28N2O2. The minimum atomic E-state index is 0.00776. The molecule has 2 unspecified atom stereocenters. The largest absolute Gasteiger partial charge is 0.379 e. The lowest BCUT2D eigenvalue weighted by Crippen LogP contribution is -2.39. The third-order valence-corrected chi connectivity index (χ3v) is 3.97. The number of amides is 1. The Morgan fingerprint density at radius 2 is 2.16 bits per heavy atom. The van der Waals surface area contributed by atoms with E-state index in [2.05, 4.69) is 26.1 Å². The topological polar surface area (TPSA) is 41.6 Å². The average molecular weight is 268 g/mol. The van der Waals surface area contributed by atoms with Crippen LogP contribution < -0.4 is 5.32 Å². The summed E-state index contributed by atoms with van der Waals surface area (Å²) in [5, 5.41) is 3.45. The van der Waals surface area contributed by atoms with E-state index in [1.165, 1.54) is 12.8 Å². The number of hydrogen-bond acceptors (Lipinski definition) is 3. The monoisotopic (exact) mass is 268 g/mol. The van der Waals surface area contributed by atoms with Crippen LogP contribution in [0.15, 0.2) is 0 Å². The standard InChI is InChI=1S/C15H28N2O2/c1-4-14-16-13(9-11(2)3)15(18)17(14)7-8-19-10-12-5-6-12/h11-14,16H,4-10H2,1-3H3. The summed E-state index contributed by atoms with van der Waals surface area (Å²) in [6.07, 6.45) is 4.72. The number of nitrogens with zero attached hydrogens (tertiary/aromatic N) is 1. The Bertz CT molecular complexity index is 303. The van der Waals surface area contributed by atoms with Crippen molar-refractivity contribution in [1.29, 1.82) is 0 Å². The smallest absolute Gasteiger partial charge is 0.241 e. The van der Waals surface area contributed by atoms with Gasteiger partial charge in [0.15, 0.2) is 0 Å². The third kappa shape index (κ3) is 4.18. The first-order chi connectivity index (χ1) is 9.11. The molecule has 2 aliphatic rings. The zero-order valence-corrected chi connectivity index (χ0v) is 12.5. The molecule has 0 spiro atoms. The molecule has 110 valence electrons. The number of carbonyl (C=O) groups is 1. The molecule has 0 aromatic heterocycles. The van der Waals surface area contributed by atoms with Crippen molar-refractivity contribution in [2.45, 2.75) is 58.7 Å². The summed E-state index contributed by atoms with van der Waals surface area (Å²) >= 11 is 0. The van der Waals surface area contributed by atoms with Gasteiger partial charge in [-0.1, -0.05) is 20.8 Å². The van der Waals surface area contributed by atoms with Crippen LogP contribution >= 0.6 is 0 Å². The fraction of sp³-hybridized carbons (Fsp3) is 0.933. The first kappa shape index (κ1) is 14.8. The SMILES string of the molecule is CCC1NC(CC(C)C)C(=O)N1CCOCC1CC1. The molecule has 1 saturated carbocycles. The highest BCUT2D eigenvalue weighted by Gasteiger charge is 2.37. The zero-order valence-electron chi connectivity index (χ0n) is 12.5. The van der Waals surface area contributed by atoms with Gasteiger partial charge in [0.05, 0.1) is 18.8 Å². The molecule has 1 saturated heterocycles. The molecule has 19 heavy (non-hydrogen) atoms. The second-order valence-electron chi connectivity index (χ2n) is 6.32. The Balaban J connectivity index is 1.77. The minimum absolute atomic E-state index is 0.00776. The number of hydrogen-bond donors (Lipinski definition) is 1. The predicted octanol–water partition coefficient (Wildman–Crippen LogP) is 2.00. The van der Waals surface area contributed by atoms with E-state index >= 15 is 0 Å². The fourth-order valence-corrected chi connectivity index (χ4v) is 2.69. The van der Waals surface area contributed by atoms with Crippen LogP contribution in [0.3, 0.4) is 0 Å². The Hall–Kier alpha value is -0.610. The summed E-state index contributed by atoms with van der Waals surface area (Å²) in [6, 6.07) is 0.00776. The molecule has 1 aliphatic heterocycles. The van der Waals surface area contributed by atoms with Gasteiger partial charge >= 0.3 is 0 Å². The molecule has 1 N–H and O–H groups in total. The Morgan fingerprint density at radius 3 is 2.74 bits per heavy atom. The third-order valence-electron chi connectivity index (χ3n) is 3.97. The van der Waals surface area contributed by atoms with Crippen molar-refractivity contribution in [2.75, 3.05) is 19.8 Å². The van der Waals surface area contributed by atoms with E-state index in [1.807, 2.05) is 4.90 Å². The maximum Gasteiger partial charge on any atom is 0.241 e. The van der Waals surface area contributed by atoms with Gasteiger partial charge in [-0.15, -0.1) is 0 Å². The fourth-order valence-electron chi connectivity index (χ4n) is 2.69. The molecule has 1 aliphatic carbocycles. The van der Waals surface area contributed by atoms with Gasteiger partial charge in [0.2, 0.25) is 5.91 Å². The number of ether oxygens (including phenoxy) is 1.